The van der Waals surface area contributed by atoms with Crippen molar-refractivity contribution >= 4 is 22.5 Å². The minimum absolute atomic E-state index is 0.180. The highest BCUT2D eigenvalue weighted by atomic mass is 32.2. The Morgan fingerprint density at radius 3 is 2.11 bits per heavy atom. The summed E-state index contributed by atoms with van der Waals surface area (Å²) in [4.78, 5) is 2.68. The van der Waals surface area contributed by atoms with E-state index in [4.69, 9.17) is 0 Å². The minimum Gasteiger partial charge on any atom is -0.0888 e. The van der Waals surface area contributed by atoms with Crippen molar-refractivity contribution in [3.05, 3.63) is 144 Å². The van der Waals surface area contributed by atoms with Gasteiger partial charge in [0.15, 0.2) is 0 Å². The Kier molecular flexibility index (Phi) is 4.39. The van der Waals surface area contributed by atoms with Gasteiger partial charge in [0, 0.05) is 20.6 Å². The molecule has 0 amide bonds. The minimum atomic E-state index is -0.180. The van der Waals surface area contributed by atoms with Crippen LogP contribution in [0.15, 0.2) is 137 Å². The van der Waals surface area contributed by atoms with Gasteiger partial charge in [0.1, 0.15) is 0 Å². The van der Waals surface area contributed by atoms with Crippen molar-refractivity contribution in [1.29, 1.82) is 0 Å². The lowest BCUT2D eigenvalue weighted by Crippen LogP contribution is -2.22. The summed E-state index contributed by atoms with van der Waals surface area (Å²) >= 11 is 1.90. The van der Waals surface area contributed by atoms with Crippen LogP contribution in [-0.4, -0.2) is 0 Å². The molecule has 1 aliphatic heterocycles. The maximum absolute atomic E-state index is 2.41. The Labute approximate surface area is 221 Å². The summed E-state index contributed by atoms with van der Waals surface area (Å²) in [6, 6.07) is 47.2. The molecule has 6 aromatic carbocycles. The molecular formula is C36H24S. The van der Waals surface area contributed by atoms with Crippen molar-refractivity contribution < 1.29 is 0 Å². The van der Waals surface area contributed by atoms with E-state index in [9.17, 15) is 0 Å². The lowest BCUT2D eigenvalue weighted by atomic mass is 9.74. The second-order valence-corrected chi connectivity index (χ2v) is 11.3. The monoisotopic (exact) mass is 488 g/mol. The quantitative estimate of drug-likeness (QED) is 0.233. The van der Waals surface area contributed by atoms with Crippen molar-refractivity contribution in [2.24, 2.45) is 0 Å². The average molecular weight is 489 g/mol. The van der Waals surface area contributed by atoms with Gasteiger partial charge in [-0.1, -0.05) is 127 Å². The third-order valence-corrected chi connectivity index (χ3v) is 9.48. The number of benzene rings is 6. The summed E-state index contributed by atoms with van der Waals surface area (Å²) in [6.07, 6.45) is 0. The van der Waals surface area contributed by atoms with E-state index in [2.05, 4.69) is 134 Å². The van der Waals surface area contributed by atoms with Gasteiger partial charge in [0.25, 0.3) is 0 Å². The van der Waals surface area contributed by atoms with Crippen molar-refractivity contribution in [2.45, 2.75) is 22.1 Å². The second-order valence-electron chi connectivity index (χ2n) is 10.2. The fraction of sp³-hybridized carbons (Fsp3) is 0.0556. The van der Waals surface area contributed by atoms with Crippen LogP contribution < -0.4 is 0 Å². The zero-order chi connectivity index (χ0) is 24.6. The van der Waals surface area contributed by atoms with E-state index < -0.39 is 0 Å². The Balaban J connectivity index is 1.35. The fourth-order valence-electron chi connectivity index (χ4n) is 6.60. The molecule has 1 heterocycles. The average Bonchev–Trinajstić information content (AvgIpc) is 3.23. The molecule has 0 nitrogen and oxygen atoms in total. The van der Waals surface area contributed by atoms with E-state index in [1.54, 1.807) is 0 Å². The van der Waals surface area contributed by atoms with Crippen LogP contribution in [0.25, 0.3) is 44.2 Å². The molecule has 0 aromatic heterocycles. The first-order valence-electron chi connectivity index (χ1n) is 12.9. The van der Waals surface area contributed by atoms with Crippen LogP contribution in [0.1, 0.15) is 23.6 Å². The SMILES string of the molecule is CC1(c2ccccc2)c2ccccc2-c2c(-c3ccc4c(c3)Sc3cccc5cccc-4c35)cccc21. The molecule has 6 aromatic rings. The van der Waals surface area contributed by atoms with Gasteiger partial charge in [-0.3, -0.25) is 0 Å². The van der Waals surface area contributed by atoms with Gasteiger partial charge in [-0.2, -0.15) is 0 Å². The van der Waals surface area contributed by atoms with Crippen LogP contribution in [0.5, 0.6) is 0 Å². The van der Waals surface area contributed by atoms with Gasteiger partial charge in [-0.25, -0.2) is 0 Å². The Bertz CT molecular complexity index is 1860. The van der Waals surface area contributed by atoms with Gasteiger partial charge in [0.05, 0.1) is 0 Å². The highest BCUT2D eigenvalue weighted by molar-refractivity contribution is 7.99. The van der Waals surface area contributed by atoms with Crippen LogP contribution in [0.4, 0.5) is 0 Å². The molecule has 1 aliphatic carbocycles. The topological polar surface area (TPSA) is 0 Å². The lowest BCUT2D eigenvalue weighted by molar-refractivity contribution is 0.714. The molecule has 0 fully saturated rings. The van der Waals surface area contributed by atoms with Crippen molar-refractivity contribution in [2.75, 3.05) is 0 Å². The van der Waals surface area contributed by atoms with Gasteiger partial charge in [0.2, 0.25) is 0 Å². The van der Waals surface area contributed by atoms with Crippen molar-refractivity contribution in [3.63, 3.8) is 0 Å². The van der Waals surface area contributed by atoms with Crippen LogP contribution >= 0.6 is 11.8 Å². The van der Waals surface area contributed by atoms with Crippen molar-refractivity contribution in [3.8, 4) is 33.4 Å². The maximum atomic E-state index is 2.41. The Morgan fingerprint density at radius 2 is 1.22 bits per heavy atom. The summed E-state index contributed by atoms with van der Waals surface area (Å²) in [5.41, 5.74) is 11.9. The predicted molar refractivity (Wildman–Crippen MR) is 156 cm³/mol. The molecule has 174 valence electrons. The molecule has 0 N–H and O–H groups in total. The summed E-state index contributed by atoms with van der Waals surface area (Å²) in [5, 5.41) is 2.69. The number of hydrogen-bond donors (Lipinski definition) is 0. The molecule has 0 radical (unpaired) electrons. The first-order chi connectivity index (χ1) is 18.2. The lowest BCUT2D eigenvalue weighted by Gasteiger charge is -2.28. The Morgan fingerprint density at radius 1 is 0.514 bits per heavy atom. The van der Waals surface area contributed by atoms with E-state index in [0.29, 0.717) is 0 Å². The first kappa shape index (κ1) is 21.1. The largest absolute Gasteiger partial charge is 0.0888 e. The molecule has 0 bridgehead atoms. The smallest absolute Gasteiger partial charge is 0.0435 e. The van der Waals surface area contributed by atoms with Crippen LogP contribution in [0, 0.1) is 0 Å². The highest BCUT2D eigenvalue weighted by Crippen LogP contribution is 2.56. The normalized spacial score (nSPS) is 16.8. The van der Waals surface area contributed by atoms with Crippen LogP contribution in [0.2, 0.25) is 0 Å². The third kappa shape index (κ3) is 2.86. The molecule has 0 saturated carbocycles. The van der Waals surface area contributed by atoms with E-state index >= 15 is 0 Å². The Hall–Kier alpha value is -4.07. The summed E-state index contributed by atoms with van der Waals surface area (Å²) < 4.78 is 0. The van der Waals surface area contributed by atoms with Gasteiger partial charge in [-0.15, -0.1) is 0 Å². The predicted octanol–water partition coefficient (Wildman–Crippen LogP) is 9.97. The number of rotatable bonds is 2. The van der Waals surface area contributed by atoms with E-state index in [1.165, 1.54) is 70.6 Å². The number of fused-ring (bicyclic) bond motifs is 5. The third-order valence-electron chi connectivity index (χ3n) is 8.36. The van der Waals surface area contributed by atoms with Crippen LogP contribution in [-0.2, 0) is 5.41 Å². The van der Waals surface area contributed by atoms with Gasteiger partial charge >= 0.3 is 0 Å². The van der Waals surface area contributed by atoms with Gasteiger partial charge < -0.3 is 0 Å². The maximum Gasteiger partial charge on any atom is 0.0435 e. The molecule has 1 atom stereocenters. The molecule has 0 saturated heterocycles. The summed E-state index contributed by atoms with van der Waals surface area (Å²) in [5.74, 6) is 0. The van der Waals surface area contributed by atoms with E-state index in [0.717, 1.165) is 0 Å². The zero-order valence-electron chi connectivity index (χ0n) is 20.5. The molecule has 37 heavy (non-hydrogen) atoms. The molecule has 0 spiro atoms. The molecule has 1 heteroatoms. The number of hydrogen-bond acceptors (Lipinski definition) is 1. The molecule has 2 aliphatic rings. The second kappa shape index (κ2) is 7.71. The molecule has 1 unspecified atom stereocenters. The van der Waals surface area contributed by atoms with Crippen molar-refractivity contribution in [1.82, 2.24) is 0 Å². The molecular weight excluding hydrogens is 464 g/mol. The first-order valence-corrected chi connectivity index (χ1v) is 13.7. The summed E-state index contributed by atoms with van der Waals surface area (Å²) in [6.45, 7) is 2.39. The standard InChI is InChI=1S/C36H24S/c1-36(25-12-3-2-4-13-25)30-17-6-5-14-29(30)35-26(15-9-18-31(35)36)24-20-21-27-28-16-7-10-23-11-8-19-32(34(23)28)37-33(27)22-24/h2-22H,1H3. The summed E-state index contributed by atoms with van der Waals surface area (Å²) in [7, 11) is 0. The van der Waals surface area contributed by atoms with Gasteiger partial charge in [-0.05, 0) is 74.5 Å². The van der Waals surface area contributed by atoms with E-state index in [1.807, 2.05) is 11.8 Å². The fourth-order valence-corrected chi connectivity index (χ4v) is 7.78. The van der Waals surface area contributed by atoms with E-state index in [-0.39, 0.29) is 5.41 Å². The highest BCUT2D eigenvalue weighted by Gasteiger charge is 2.41. The zero-order valence-corrected chi connectivity index (χ0v) is 21.3. The van der Waals surface area contributed by atoms with Crippen LogP contribution in [0.3, 0.4) is 0 Å². The molecule has 8 rings (SSSR count).